The monoisotopic (exact) mass is 389 g/mol. The van der Waals surface area contributed by atoms with Gasteiger partial charge in [-0.15, -0.1) is 0 Å². The lowest BCUT2D eigenvalue weighted by molar-refractivity contribution is -0.136. The van der Waals surface area contributed by atoms with E-state index in [0.717, 1.165) is 12.8 Å². The summed E-state index contributed by atoms with van der Waals surface area (Å²) >= 11 is 0. The summed E-state index contributed by atoms with van der Waals surface area (Å²) in [5.74, 6) is 0.232. The molecule has 0 unspecified atom stereocenters. The van der Waals surface area contributed by atoms with Gasteiger partial charge in [0.25, 0.3) is 5.91 Å². The molecule has 0 saturated carbocycles. The molecule has 0 heterocycles. The molecule has 148 valence electrons. The first-order valence-corrected chi connectivity index (χ1v) is 9.53. The molecule has 3 aromatic carbocycles. The average molecular weight is 389 g/mol. The van der Waals surface area contributed by atoms with E-state index in [0.29, 0.717) is 22.7 Å². The molecule has 0 spiro atoms. The zero-order chi connectivity index (χ0) is 20.5. The van der Waals surface area contributed by atoms with Crippen molar-refractivity contribution < 1.29 is 19.1 Å². The first-order chi connectivity index (χ1) is 14.1. The highest BCUT2D eigenvalue weighted by Gasteiger charge is 2.09. The zero-order valence-corrected chi connectivity index (χ0v) is 16.3. The first-order valence-electron chi connectivity index (χ1n) is 9.53. The van der Waals surface area contributed by atoms with Crippen LogP contribution in [0.5, 0.6) is 11.5 Å². The number of ether oxygens (including phenoxy) is 2. The topological polar surface area (TPSA) is 64.6 Å². The second kappa shape index (κ2) is 10.1. The highest BCUT2D eigenvalue weighted by molar-refractivity contribution is 6.04. The maximum absolute atomic E-state index is 12.2. The molecule has 3 rings (SSSR count). The van der Waals surface area contributed by atoms with E-state index in [2.05, 4.69) is 12.2 Å². The van der Waals surface area contributed by atoms with Gasteiger partial charge in [-0.1, -0.05) is 43.7 Å². The van der Waals surface area contributed by atoms with Gasteiger partial charge in [0.1, 0.15) is 11.5 Å². The minimum Gasteiger partial charge on any atom is -0.482 e. The summed E-state index contributed by atoms with van der Waals surface area (Å²) in [7, 11) is 0. The van der Waals surface area contributed by atoms with Crippen LogP contribution in [0, 0.1) is 0 Å². The Bertz CT molecular complexity index is 935. The standard InChI is InChI=1S/C24H23NO4/c1-2-6-18-9-13-21(14-10-18)28-17-23(26)29-22-15-11-19(12-16-22)24(27)25-20-7-4-3-5-8-20/h3-5,7-16H,2,6,17H2,1H3,(H,25,27). The van der Waals surface area contributed by atoms with Crippen molar-refractivity contribution in [2.75, 3.05) is 11.9 Å². The van der Waals surface area contributed by atoms with Crippen LogP contribution in [0.1, 0.15) is 29.3 Å². The average Bonchev–Trinajstić information content (AvgIpc) is 2.75. The molecule has 29 heavy (non-hydrogen) atoms. The van der Waals surface area contributed by atoms with Gasteiger partial charge >= 0.3 is 5.97 Å². The minimum absolute atomic E-state index is 0.191. The molecule has 1 N–H and O–H groups in total. The van der Waals surface area contributed by atoms with E-state index >= 15 is 0 Å². The zero-order valence-electron chi connectivity index (χ0n) is 16.3. The van der Waals surface area contributed by atoms with Gasteiger partial charge in [-0.2, -0.15) is 0 Å². The van der Waals surface area contributed by atoms with Crippen molar-refractivity contribution in [1.29, 1.82) is 0 Å². The molecule has 3 aromatic rings. The number of benzene rings is 3. The van der Waals surface area contributed by atoms with Gasteiger partial charge in [-0.05, 0) is 60.5 Å². The van der Waals surface area contributed by atoms with Crippen LogP contribution in [0.4, 0.5) is 5.69 Å². The van der Waals surface area contributed by atoms with Crippen LogP contribution >= 0.6 is 0 Å². The van der Waals surface area contributed by atoms with Gasteiger partial charge in [-0.25, -0.2) is 4.79 Å². The normalized spacial score (nSPS) is 10.2. The highest BCUT2D eigenvalue weighted by atomic mass is 16.6. The number of aryl methyl sites for hydroxylation is 1. The number of para-hydroxylation sites is 1. The van der Waals surface area contributed by atoms with E-state index in [1.54, 1.807) is 24.3 Å². The van der Waals surface area contributed by atoms with Gasteiger partial charge in [0, 0.05) is 11.3 Å². The summed E-state index contributed by atoms with van der Waals surface area (Å²) < 4.78 is 10.7. The maximum atomic E-state index is 12.2. The second-order valence-electron chi connectivity index (χ2n) is 6.50. The quantitative estimate of drug-likeness (QED) is 0.441. The van der Waals surface area contributed by atoms with Gasteiger partial charge in [0.15, 0.2) is 6.61 Å². The molecule has 0 bridgehead atoms. The summed E-state index contributed by atoms with van der Waals surface area (Å²) in [6.07, 6.45) is 2.10. The summed E-state index contributed by atoms with van der Waals surface area (Å²) in [6, 6.07) is 23.2. The fraction of sp³-hybridized carbons (Fsp3) is 0.167. The number of nitrogens with one attached hydrogen (secondary N) is 1. The molecule has 0 aromatic heterocycles. The van der Waals surface area contributed by atoms with Crippen LogP contribution in [0.3, 0.4) is 0 Å². The largest absolute Gasteiger partial charge is 0.482 e. The Morgan fingerprint density at radius 1 is 0.828 bits per heavy atom. The highest BCUT2D eigenvalue weighted by Crippen LogP contribution is 2.16. The fourth-order valence-corrected chi connectivity index (χ4v) is 2.74. The first kappa shape index (κ1) is 20.1. The third-order valence-corrected chi connectivity index (χ3v) is 4.20. The van der Waals surface area contributed by atoms with E-state index in [1.807, 2.05) is 54.6 Å². The Morgan fingerprint density at radius 2 is 1.48 bits per heavy atom. The van der Waals surface area contributed by atoms with Crippen LogP contribution in [0.2, 0.25) is 0 Å². The number of esters is 1. The van der Waals surface area contributed by atoms with E-state index < -0.39 is 5.97 Å². The second-order valence-corrected chi connectivity index (χ2v) is 6.50. The van der Waals surface area contributed by atoms with Crippen LogP contribution in [0.25, 0.3) is 0 Å². The van der Waals surface area contributed by atoms with Crippen molar-refractivity contribution in [3.05, 3.63) is 90.0 Å². The number of hydrogen-bond acceptors (Lipinski definition) is 4. The maximum Gasteiger partial charge on any atom is 0.349 e. The minimum atomic E-state index is -0.510. The molecule has 0 aliphatic carbocycles. The van der Waals surface area contributed by atoms with Crippen LogP contribution in [0.15, 0.2) is 78.9 Å². The molecule has 5 heteroatoms. The van der Waals surface area contributed by atoms with Crippen molar-refractivity contribution in [3.63, 3.8) is 0 Å². The molecular formula is C24H23NO4. The lowest BCUT2D eigenvalue weighted by atomic mass is 10.1. The molecule has 0 saturated heterocycles. The molecule has 1 amide bonds. The molecular weight excluding hydrogens is 366 g/mol. The number of carbonyl (C=O) groups is 2. The summed E-state index contributed by atoms with van der Waals surface area (Å²) in [4.78, 5) is 24.2. The Balaban J connectivity index is 1.48. The smallest absolute Gasteiger partial charge is 0.349 e. The fourth-order valence-electron chi connectivity index (χ4n) is 2.74. The third-order valence-electron chi connectivity index (χ3n) is 4.20. The van der Waals surface area contributed by atoms with E-state index in [-0.39, 0.29) is 12.5 Å². The van der Waals surface area contributed by atoms with Crippen molar-refractivity contribution >= 4 is 17.6 Å². The van der Waals surface area contributed by atoms with Crippen LogP contribution in [-0.4, -0.2) is 18.5 Å². The SMILES string of the molecule is CCCc1ccc(OCC(=O)Oc2ccc(C(=O)Nc3ccccc3)cc2)cc1. The number of rotatable bonds is 8. The number of amides is 1. The van der Waals surface area contributed by atoms with Crippen molar-refractivity contribution in [2.45, 2.75) is 19.8 Å². The predicted molar refractivity (Wildman–Crippen MR) is 112 cm³/mol. The lowest BCUT2D eigenvalue weighted by Crippen LogP contribution is -2.18. The Kier molecular flexibility index (Phi) is 7.00. The molecule has 5 nitrogen and oxygen atoms in total. The van der Waals surface area contributed by atoms with Crippen molar-refractivity contribution in [2.24, 2.45) is 0 Å². The summed E-state index contributed by atoms with van der Waals surface area (Å²) in [6.45, 7) is 1.94. The van der Waals surface area contributed by atoms with Gasteiger partial charge in [-0.3, -0.25) is 4.79 Å². The van der Waals surface area contributed by atoms with E-state index in [9.17, 15) is 9.59 Å². The molecule has 0 radical (unpaired) electrons. The molecule has 0 aliphatic rings. The lowest BCUT2D eigenvalue weighted by Gasteiger charge is -2.08. The summed E-state index contributed by atoms with van der Waals surface area (Å²) in [5.41, 5.74) is 2.42. The number of hydrogen-bond donors (Lipinski definition) is 1. The number of carbonyl (C=O) groups excluding carboxylic acids is 2. The van der Waals surface area contributed by atoms with Gasteiger partial charge in [0.05, 0.1) is 0 Å². The van der Waals surface area contributed by atoms with Crippen LogP contribution in [-0.2, 0) is 11.2 Å². The van der Waals surface area contributed by atoms with Crippen LogP contribution < -0.4 is 14.8 Å². The number of anilines is 1. The molecule has 0 atom stereocenters. The Hall–Kier alpha value is -3.60. The predicted octanol–water partition coefficient (Wildman–Crippen LogP) is 4.88. The Labute approximate surface area is 170 Å². The Morgan fingerprint density at radius 3 is 2.14 bits per heavy atom. The molecule has 0 aliphatic heterocycles. The van der Waals surface area contributed by atoms with Gasteiger partial charge < -0.3 is 14.8 Å². The third kappa shape index (κ3) is 6.21. The van der Waals surface area contributed by atoms with E-state index in [4.69, 9.17) is 9.47 Å². The van der Waals surface area contributed by atoms with Crippen molar-refractivity contribution in [3.8, 4) is 11.5 Å². The summed E-state index contributed by atoms with van der Waals surface area (Å²) in [5, 5.41) is 2.80. The molecule has 0 fully saturated rings. The van der Waals surface area contributed by atoms with E-state index in [1.165, 1.54) is 5.56 Å². The van der Waals surface area contributed by atoms with Crippen molar-refractivity contribution in [1.82, 2.24) is 0 Å². The van der Waals surface area contributed by atoms with Gasteiger partial charge in [0.2, 0.25) is 0 Å².